The molecule has 6 heteroatoms. The minimum Gasteiger partial charge on any atom is -0.493 e. The average molecular weight is 356 g/mol. The molecule has 134 valence electrons. The molecule has 1 heterocycles. The molecule has 0 amide bonds. The van der Waals surface area contributed by atoms with Crippen molar-refractivity contribution in [2.45, 2.75) is 0 Å². The van der Waals surface area contributed by atoms with Crippen molar-refractivity contribution in [2.24, 2.45) is 0 Å². The van der Waals surface area contributed by atoms with Crippen molar-refractivity contribution >= 4 is 17.8 Å². The Morgan fingerprint density at radius 1 is 0.962 bits per heavy atom. The highest BCUT2D eigenvalue weighted by atomic mass is 19.1. The molecule has 1 aliphatic rings. The van der Waals surface area contributed by atoms with E-state index in [4.69, 9.17) is 18.9 Å². The van der Waals surface area contributed by atoms with Crippen molar-refractivity contribution in [3.05, 3.63) is 65.0 Å². The molecule has 3 rings (SSSR count). The predicted octanol–water partition coefficient (Wildman–Crippen LogP) is 3.83. The summed E-state index contributed by atoms with van der Waals surface area (Å²) in [6, 6.07) is 9.18. The second-order valence-electron chi connectivity index (χ2n) is 5.46. The highest BCUT2D eigenvalue weighted by Crippen LogP contribution is 2.39. The maximum Gasteiger partial charge on any atom is 0.343 e. The van der Waals surface area contributed by atoms with Crippen LogP contribution < -0.4 is 14.2 Å². The van der Waals surface area contributed by atoms with Crippen molar-refractivity contribution in [3.63, 3.8) is 0 Å². The molecular weight excluding hydrogens is 339 g/mol. The van der Waals surface area contributed by atoms with E-state index in [0.29, 0.717) is 39.7 Å². The van der Waals surface area contributed by atoms with E-state index in [2.05, 4.69) is 0 Å². The van der Waals surface area contributed by atoms with Crippen LogP contribution in [0, 0.1) is 5.82 Å². The predicted molar refractivity (Wildman–Crippen MR) is 94.5 cm³/mol. The summed E-state index contributed by atoms with van der Waals surface area (Å²) in [5.41, 5.74) is 1.66. The van der Waals surface area contributed by atoms with Crippen LogP contribution in [0.2, 0.25) is 0 Å². The molecule has 26 heavy (non-hydrogen) atoms. The van der Waals surface area contributed by atoms with Gasteiger partial charge in [0.05, 0.1) is 26.9 Å². The molecule has 0 aliphatic carbocycles. The first-order valence-corrected chi connectivity index (χ1v) is 7.77. The molecule has 2 aromatic rings. The normalized spacial score (nSPS) is 14.8. The minimum absolute atomic E-state index is 0.355. The summed E-state index contributed by atoms with van der Waals surface area (Å²) >= 11 is 0. The molecule has 0 saturated heterocycles. The van der Waals surface area contributed by atoms with Crippen molar-refractivity contribution in [2.75, 3.05) is 21.3 Å². The first-order valence-electron chi connectivity index (χ1n) is 7.77. The van der Waals surface area contributed by atoms with Gasteiger partial charge in [-0.15, -0.1) is 0 Å². The number of halogens is 1. The quantitative estimate of drug-likeness (QED) is 0.602. The van der Waals surface area contributed by atoms with Gasteiger partial charge in [0.2, 0.25) is 5.75 Å². The molecular formula is C20H17FO5. The SMILES string of the molecule is COc1cc(/C=C2\C=C(c3ccc(F)cc3)OC2=O)cc(OC)c1OC. The van der Waals surface area contributed by atoms with E-state index >= 15 is 0 Å². The molecule has 0 aromatic heterocycles. The summed E-state index contributed by atoms with van der Waals surface area (Å²) < 4.78 is 34.2. The van der Waals surface area contributed by atoms with Gasteiger partial charge < -0.3 is 18.9 Å². The zero-order valence-corrected chi connectivity index (χ0v) is 14.5. The third-order valence-corrected chi connectivity index (χ3v) is 3.86. The van der Waals surface area contributed by atoms with Crippen LogP contribution in [0.4, 0.5) is 4.39 Å². The summed E-state index contributed by atoms with van der Waals surface area (Å²) in [7, 11) is 4.56. The van der Waals surface area contributed by atoms with E-state index in [1.165, 1.54) is 33.5 Å². The number of hydrogen-bond acceptors (Lipinski definition) is 5. The number of benzene rings is 2. The van der Waals surface area contributed by atoms with Crippen molar-refractivity contribution in [1.29, 1.82) is 0 Å². The van der Waals surface area contributed by atoms with E-state index in [9.17, 15) is 9.18 Å². The fourth-order valence-electron chi connectivity index (χ4n) is 2.61. The van der Waals surface area contributed by atoms with Gasteiger partial charge in [-0.1, -0.05) is 0 Å². The Bertz CT molecular complexity index is 872. The van der Waals surface area contributed by atoms with Crippen LogP contribution in [0.15, 0.2) is 48.0 Å². The molecule has 0 saturated carbocycles. The lowest BCUT2D eigenvalue weighted by Crippen LogP contribution is -1.98. The maximum atomic E-state index is 13.0. The van der Waals surface area contributed by atoms with Crippen LogP contribution in [-0.2, 0) is 9.53 Å². The van der Waals surface area contributed by atoms with E-state index in [0.717, 1.165) is 0 Å². The Hall–Kier alpha value is -3.28. The van der Waals surface area contributed by atoms with Crippen molar-refractivity contribution in [1.82, 2.24) is 0 Å². The van der Waals surface area contributed by atoms with E-state index in [-0.39, 0.29) is 5.82 Å². The lowest BCUT2D eigenvalue weighted by atomic mass is 10.1. The molecule has 0 radical (unpaired) electrons. The highest BCUT2D eigenvalue weighted by Gasteiger charge is 2.22. The number of methoxy groups -OCH3 is 3. The minimum atomic E-state index is -0.488. The summed E-state index contributed by atoms with van der Waals surface area (Å²) in [6.07, 6.45) is 3.27. The number of carbonyl (C=O) groups excluding carboxylic acids is 1. The molecule has 0 fully saturated rings. The van der Waals surface area contributed by atoms with Gasteiger partial charge in [-0.05, 0) is 54.1 Å². The van der Waals surface area contributed by atoms with Gasteiger partial charge >= 0.3 is 5.97 Å². The molecule has 0 bridgehead atoms. The Balaban J connectivity index is 1.99. The van der Waals surface area contributed by atoms with Crippen molar-refractivity contribution < 1.29 is 28.1 Å². The number of carbonyl (C=O) groups is 1. The maximum absolute atomic E-state index is 13.0. The van der Waals surface area contributed by atoms with Crippen LogP contribution in [0.25, 0.3) is 11.8 Å². The highest BCUT2D eigenvalue weighted by molar-refractivity contribution is 6.05. The Morgan fingerprint density at radius 3 is 2.12 bits per heavy atom. The molecule has 2 aromatic carbocycles. The number of ether oxygens (including phenoxy) is 4. The molecule has 0 unspecified atom stereocenters. The molecule has 0 spiro atoms. The van der Waals surface area contributed by atoms with E-state index < -0.39 is 5.97 Å². The van der Waals surface area contributed by atoms with Crippen LogP contribution in [-0.4, -0.2) is 27.3 Å². The van der Waals surface area contributed by atoms with E-state index in [1.54, 1.807) is 36.4 Å². The summed E-state index contributed by atoms with van der Waals surface area (Å²) in [5.74, 6) is 0.952. The largest absolute Gasteiger partial charge is 0.493 e. The van der Waals surface area contributed by atoms with Gasteiger partial charge in [0.15, 0.2) is 11.5 Å². The third kappa shape index (κ3) is 3.39. The molecule has 1 aliphatic heterocycles. The van der Waals surface area contributed by atoms with Crippen LogP contribution in [0.5, 0.6) is 17.2 Å². The summed E-state index contributed by atoms with van der Waals surface area (Å²) in [4.78, 5) is 12.2. The lowest BCUT2D eigenvalue weighted by molar-refractivity contribution is -0.130. The number of hydrogen-bond donors (Lipinski definition) is 0. The monoisotopic (exact) mass is 356 g/mol. The van der Waals surface area contributed by atoms with Gasteiger partial charge in [-0.25, -0.2) is 9.18 Å². The van der Waals surface area contributed by atoms with Crippen LogP contribution in [0.3, 0.4) is 0 Å². The first-order chi connectivity index (χ1) is 12.5. The van der Waals surface area contributed by atoms with Gasteiger partial charge in [0, 0.05) is 5.56 Å². The Morgan fingerprint density at radius 2 is 1.58 bits per heavy atom. The molecule has 0 N–H and O–H groups in total. The van der Waals surface area contributed by atoms with Crippen LogP contribution in [0.1, 0.15) is 11.1 Å². The number of esters is 1. The fourth-order valence-corrected chi connectivity index (χ4v) is 2.61. The standard InChI is InChI=1S/C20H17FO5/c1-23-17-9-12(10-18(24-2)19(17)25-3)8-14-11-16(26-20(14)22)13-4-6-15(21)7-5-13/h4-11H,1-3H3/b14-8+. The van der Waals surface area contributed by atoms with Crippen molar-refractivity contribution in [3.8, 4) is 17.2 Å². The lowest BCUT2D eigenvalue weighted by Gasteiger charge is -2.12. The first kappa shape index (κ1) is 17.5. The molecule has 5 nitrogen and oxygen atoms in total. The average Bonchev–Trinajstić information content (AvgIpc) is 3.01. The zero-order chi connectivity index (χ0) is 18.7. The van der Waals surface area contributed by atoms with Crippen LogP contribution >= 0.6 is 0 Å². The summed E-state index contributed by atoms with van der Waals surface area (Å²) in [6.45, 7) is 0. The van der Waals surface area contributed by atoms with Gasteiger partial charge in [-0.3, -0.25) is 0 Å². The molecule has 0 atom stereocenters. The zero-order valence-electron chi connectivity index (χ0n) is 14.5. The summed E-state index contributed by atoms with van der Waals surface area (Å²) in [5, 5.41) is 0. The number of rotatable bonds is 5. The fraction of sp³-hybridized carbons (Fsp3) is 0.150. The third-order valence-electron chi connectivity index (χ3n) is 3.86. The van der Waals surface area contributed by atoms with Gasteiger partial charge in [-0.2, -0.15) is 0 Å². The smallest absolute Gasteiger partial charge is 0.343 e. The van der Waals surface area contributed by atoms with E-state index in [1.807, 2.05) is 0 Å². The second-order valence-corrected chi connectivity index (χ2v) is 5.46. The topological polar surface area (TPSA) is 54.0 Å². The Labute approximate surface area is 150 Å². The van der Waals surface area contributed by atoms with Gasteiger partial charge in [0.25, 0.3) is 0 Å². The number of cyclic esters (lactones) is 1. The second kappa shape index (κ2) is 7.31. The van der Waals surface area contributed by atoms with Gasteiger partial charge in [0.1, 0.15) is 11.6 Å². The Kier molecular flexibility index (Phi) is 4.93.